The van der Waals surface area contributed by atoms with Gasteiger partial charge in [-0.25, -0.2) is 4.39 Å². The largest absolute Gasteiger partial charge is 0.292 e. The number of Topliss-reactive ketones (excluding diaryl/α,β-unsaturated/α-hetero) is 1. The minimum atomic E-state index is -0.346. The third-order valence-electron chi connectivity index (χ3n) is 2.47. The molecule has 1 aromatic heterocycles. The predicted molar refractivity (Wildman–Crippen MR) is 65.3 cm³/mol. The third kappa shape index (κ3) is 2.61. The number of hydrogen-bond acceptors (Lipinski definition) is 2. The van der Waals surface area contributed by atoms with Gasteiger partial charge in [-0.15, -0.1) is 0 Å². The molecule has 17 heavy (non-hydrogen) atoms. The van der Waals surface area contributed by atoms with Crippen molar-refractivity contribution in [2.45, 2.75) is 6.42 Å². The monoisotopic (exact) mass is 296 g/mol. The summed E-state index contributed by atoms with van der Waals surface area (Å²) in [7, 11) is 1.70. The van der Waals surface area contributed by atoms with Gasteiger partial charge in [0.05, 0.1) is 0 Å². The molecule has 0 bridgehead atoms. The highest BCUT2D eigenvalue weighted by Crippen LogP contribution is 2.19. The van der Waals surface area contributed by atoms with Gasteiger partial charge in [-0.3, -0.25) is 9.48 Å². The summed E-state index contributed by atoms with van der Waals surface area (Å²) in [5.41, 5.74) is 1.15. The molecule has 0 aliphatic rings. The topological polar surface area (TPSA) is 34.9 Å². The highest BCUT2D eigenvalue weighted by atomic mass is 79.9. The second-order valence-electron chi connectivity index (χ2n) is 3.68. The minimum absolute atomic E-state index is 0.0868. The van der Waals surface area contributed by atoms with E-state index in [2.05, 4.69) is 21.0 Å². The van der Waals surface area contributed by atoms with Crippen molar-refractivity contribution in [3.63, 3.8) is 0 Å². The molecule has 0 fully saturated rings. The Bertz CT molecular complexity index is 565. The number of halogens is 2. The van der Waals surface area contributed by atoms with E-state index in [-0.39, 0.29) is 18.0 Å². The van der Waals surface area contributed by atoms with E-state index in [1.807, 2.05) is 0 Å². The molecule has 2 aromatic rings. The van der Waals surface area contributed by atoms with Crippen LogP contribution in [0.1, 0.15) is 16.1 Å². The van der Waals surface area contributed by atoms with Crippen molar-refractivity contribution in [2.75, 3.05) is 0 Å². The van der Waals surface area contributed by atoms with Gasteiger partial charge in [-0.2, -0.15) is 5.10 Å². The lowest BCUT2D eigenvalue weighted by molar-refractivity contribution is 0.0984. The number of aryl methyl sites for hydroxylation is 1. The van der Waals surface area contributed by atoms with E-state index in [9.17, 15) is 9.18 Å². The Morgan fingerprint density at radius 2 is 2.24 bits per heavy atom. The predicted octanol–water partition coefficient (Wildman–Crippen LogP) is 2.75. The van der Waals surface area contributed by atoms with Gasteiger partial charge in [0.15, 0.2) is 5.78 Å². The highest BCUT2D eigenvalue weighted by molar-refractivity contribution is 9.10. The highest BCUT2D eigenvalue weighted by Gasteiger charge is 2.13. The van der Waals surface area contributed by atoms with Gasteiger partial charge < -0.3 is 0 Å². The van der Waals surface area contributed by atoms with Crippen molar-refractivity contribution in [1.82, 2.24) is 9.78 Å². The normalized spacial score (nSPS) is 10.5. The number of benzene rings is 1. The lowest BCUT2D eigenvalue weighted by Gasteiger charge is -2.04. The smallest absolute Gasteiger partial charge is 0.185 e. The van der Waals surface area contributed by atoms with Crippen LogP contribution in [-0.4, -0.2) is 15.6 Å². The SMILES string of the molecule is Cn1nccc1C(=O)Cc1cc(F)ccc1Br. The average molecular weight is 297 g/mol. The molecule has 1 heterocycles. The van der Waals surface area contributed by atoms with Crippen LogP contribution in [0.15, 0.2) is 34.9 Å². The number of nitrogens with zero attached hydrogens (tertiary/aromatic N) is 2. The van der Waals surface area contributed by atoms with E-state index in [0.29, 0.717) is 11.3 Å². The van der Waals surface area contributed by atoms with E-state index in [4.69, 9.17) is 0 Å². The quantitative estimate of drug-likeness (QED) is 0.817. The Labute approximate surface area is 106 Å². The summed E-state index contributed by atoms with van der Waals surface area (Å²) < 4.78 is 15.3. The molecule has 0 atom stereocenters. The van der Waals surface area contributed by atoms with Crippen LogP contribution in [0.25, 0.3) is 0 Å². The number of ketones is 1. The van der Waals surface area contributed by atoms with Crippen molar-refractivity contribution in [3.8, 4) is 0 Å². The molecule has 3 nitrogen and oxygen atoms in total. The fourth-order valence-electron chi connectivity index (χ4n) is 1.59. The zero-order chi connectivity index (χ0) is 12.4. The molecule has 0 unspecified atom stereocenters. The molecule has 88 valence electrons. The van der Waals surface area contributed by atoms with Crippen LogP contribution < -0.4 is 0 Å². The Balaban J connectivity index is 2.24. The fourth-order valence-corrected chi connectivity index (χ4v) is 1.98. The Hall–Kier alpha value is -1.49. The molecular weight excluding hydrogens is 287 g/mol. The van der Waals surface area contributed by atoms with E-state index in [0.717, 1.165) is 4.47 Å². The lowest BCUT2D eigenvalue weighted by Crippen LogP contribution is -2.10. The molecule has 5 heteroatoms. The molecule has 0 saturated carbocycles. The van der Waals surface area contributed by atoms with Gasteiger partial charge in [0, 0.05) is 24.1 Å². The van der Waals surface area contributed by atoms with E-state index in [1.165, 1.54) is 16.8 Å². The molecule has 2 rings (SSSR count). The van der Waals surface area contributed by atoms with Crippen LogP contribution in [-0.2, 0) is 13.5 Å². The van der Waals surface area contributed by atoms with Crippen molar-refractivity contribution in [1.29, 1.82) is 0 Å². The van der Waals surface area contributed by atoms with Crippen LogP contribution in [0, 0.1) is 5.82 Å². The maximum absolute atomic E-state index is 13.1. The van der Waals surface area contributed by atoms with E-state index >= 15 is 0 Å². The molecule has 0 N–H and O–H groups in total. The minimum Gasteiger partial charge on any atom is -0.292 e. The van der Waals surface area contributed by atoms with Crippen LogP contribution >= 0.6 is 15.9 Å². The Kier molecular flexibility index (Phi) is 3.38. The van der Waals surface area contributed by atoms with Crippen LogP contribution in [0.2, 0.25) is 0 Å². The maximum atomic E-state index is 13.1. The number of aromatic nitrogens is 2. The molecule has 0 amide bonds. The summed E-state index contributed by atoms with van der Waals surface area (Å²) in [6.45, 7) is 0. The molecule has 0 aliphatic carbocycles. The van der Waals surface area contributed by atoms with Crippen molar-refractivity contribution >= 4 is 21.7 Å². The molecule has 1 aromatic carbocycles. The zero-order valence-corrected chi connectivity index (χ0v) is 10.7. The first-order chi connectivity index (χ1) is 8.08. The van der Waals surface area contributed by atoms with Gasteiger partial charge in [0.1, 0.15) is 11.5 Å². The van der Waals surface area contributed by atoms with E-state index < -0.39 is 0 Å². The summed E-state index contributed by atoms with van der Waals surface area (Å²) >= 11 is 3.30. The second kappa shape index (κ2) is 4.79. The zero-order valence-electron chi connectivity index (χ0n) is 9.15. The molecular formula is C12H10BrFN2O. The second-order valence-corrected chi connectivity index (χ2v) is 4.53. The van der Waals surface area contributed by atoms with Crippen LogP contribution in [0.3, 0.4) is 0 Å². The summed E-state index contributed by atoms with van der Waals surface area (Å²) in [5, 5.41) is 3.93. The molecule has 0 aliphatic heterocycles. The van der Waals surface area contributed by atoms with Gasteiger partial charge >= 0.3 is 0 Å². The van der Waals surface area contributed by atoms with E-state index in [1.54, 1.807) is 25.4 Å². The number of carbonyl (C=O) groups excluding carboxylic acids is 1. The maximum Gasteiger partial charge on any atom is 0.185 e. The Morgan fingerprint density at radius 3 is 2.88 bits per heavy atom. The summed E-state index contributed by atoms with van der Waals surface area (Å²) in [5.74, 6) is -0.433. The van der Waals surface area contributed by atoms with Gasteiger partial charge in [0.2, 0.25) is 0 Å². The van der Waals surface area contributed by atoms with Gasteiger partial charge in [-0.05, 0) is 29.8 Å². The lowest BCUT2D eigenvalue weighted by atomic mass is 10.1. The standard InChI is InChI=1S/C12H10BrFN2O/c1-16-11(4-5-15-16)12(17)7-8-6-9(14)2-3-10(8)13/h2-6H,7H2,1H3. The summed E-state index contributed by atoms with van der Waals surface area (Å²) in [6, 6.07) is 5.96. The number of hydrogen-bond donors (Lipinski definition) is 0. The Morgan fingerprint density at radius 1 is 1.47 bits per heavy atom. The first-order valence-corrected chi connectivity index (χ1v) is 5.82. The average Bonchev–Trinajstić information content (AvgIpc) is 2.70. The van der Waals surface area contributed by atoms with Crippen molar-refractivity contribution in [3.05, 3.63) is 52.0 Å². The van der Waals surface area contributed by atoms with Crippen molar-refractivity contribution < 1.29 is 9.18 Å². The van der Waals surface area contributed by atoms with Gasteiger partial charge in [-0.1, -0.05) is 15.9 Å². The van der Waals surface area contributed by atoms with Crippen molar-refractivity contribution in [2.24, 2.45) is 7.05 Å². The number of carbonyl (C=O) groups is 1. The molecule has 0 radical (unpaired) electrons. The number of rotatable bonds is 3. The molecule has 0 saturated heterocycles. The van der Waals surface area contributed by atoms with Gasteiger partial charge in [0.25, 0.3) is 0 Å². The first kappa shape index (κ1) is 12.0. The molecule has 0 spiro atoms. The fraction of sp³-hybridized carbons (Fsp3) is 0.167. The van der Waals surface area contributed by atoms with Crippen LogP contribution in [0.5, 0.6) is 0 Å². The van der Waals surface area contributed by atoms with Crippen LogP contribution in [0.4, 0.5) is 4.39 Å². The first-order valence-electron chi connectivity index (χ1n) is 5.03. The third-order valence-corrected chi connectivity index (χ3v) is 3.24. The summed E-state index contributed by atoms with van der Waals surface area (Å²) in [4.78, 5) is 12.0. The summed E-state index contributed by atoms with van der Waals surface area (Å²) in [6.07, 6.45) is 1.71.